The fourth-order valence-electron chi connectivity index (χ4n) is 1.94. The molecule has 0 amide bonds. The van der Waals surface area contributed by atoms with Gasteiger partial charge in [0.1, 0.15) is 0 Å². The molecule has 0 atom stereocenters. The van der Waals surface area contributed by atoms with Crippen molar-refractivity contribution < 1.29 is 14.3 Å². The Labute approximate surface area is 127 Å². The van der Waals surface area contributed by atoms with Gasteiger partial charge in [0, 0.05) is 4.90 Å². The highest BCUT2D eigenvalue weighted by Crippen LogP contribution is 2.32. The van der Waals surface area contributed by atoms with Crippen LogP contribution < -0.4 is 9.47 Å². The van der Waals surface area contributed by atoms with Crippen molar-refractivity contribution in [3.05, 3.63) is 59.7 Å². The van der Waals surface area contributed by atoms with Crippen LogP contribution in [0.5, 0.6) is 11.5 Å². The van der Waals surface area contributed by atoms with Crippen molar-refractivity contribution in [3.63, 3.8) is 0 Å². The molecule has 0 radical (unpaired) electrons. The second kappa shape index (κ2) is 6.06. The fraction of sp³-hybridized carbons (Fsp3) is 0.118. The minimum atomic E-state index is -0.00322. The summed E-state index contributed by atoms with van der Waals surface area (Å²) in [5, 5.41) is -0.00322. The molecular formula is C17H14O3S. The molecule has 0 aromatic heterocycles. The van der Waals surface area contributed by atoms with E-state index in [-0.39, 0.29) is 11.9 Å². The van der Waals surface area contributed by atoms with E-state index < -0.39 is 0 Å². The number of rotatable bonds is 3. The van der Waals surface area contributed by atoms with E-state index in [0.717, 1.165) is 22.0 Å². The Hall–Kier alpha value is -2.20. The van der Waals surface area contributed by atoms with Crippen molar-refractivity contribution in [1.29, 1.82) is 0 Å². The minimum absolute atomic E-state index is 0.00322. The SMILES string of the molecule is Cc1ccc(SC(=O)C=Cc2ccc3c(c2)OCO3)cc1. The van der Waals surface area contributed by atoms with E-state index in [9.17, 15) is 4.79 Å². The van der Waals surface area contributed by atoms with Crippen LogP contribution in [-0.2, 0) is 4.79 Å². The normalized spacial score (nSPS) is 12.8. The van der Waals surface area contributed by atoms with Gasteiger partial charge in [-0.05, 0) is 54.6 Å². The average Bonchev–Trinajstić information content (AvgIpc) is 2.95. The third kappa shape index (κ3) is 3.47. The summed E-state index contributed by atoms with van der Waals surface area (Å²) in [6, 6.07) is 13.5. The van der Waals surface area contributed by atoms with Crippen LogP contribution in [0.1, 0.15) is 11.1 Å². The van der Waals surface area contributed by atoms with Crippen LogP contribution in [0.15, 0.2) is 53.4 Å². The molecule has 1 aliphatic heterocycles. The lowest BCUT2D eigenvalue weighted by Gasteiger charge is -1.99. The van der Waals surface area contributed by atoms with Crippen molar-refractivity contribution in [3.8, 4) is 11.5 Å². The van der Waals surface area contributed by atoms with Crippen LogP contribution in [0, 0.1) is 6.92 Å². The molecule has 21 heavy (non-hydrogen) atoms. The molecule has 0 bridgehead atoms. The molecule has 1 heterocycles. The number of ether oxygens (including phenoxy) is 2. The first-order valence-electron chi connectivity index (χ1n) is 6.57. The van der Waals surface area contributed by atoms with Crippen LogP contribution in [0.4, 0.5) is 0 Å². The van der Waals surface area contributed by atoms with Gasteiger partial charge < -0.3 is 9.47 Å². The maximum absolute atomic E-state index is 11.9. The van der Waals surface area contributed by atoms with Crippen molar-refractivity contribution in [2.75, 3.05) is 6.79 Å². The lowest BCUT2D eigenvalue weighted by Crippen LogP contribution is -1.92. The summed E-state index contributed by atoms with van der Waals surface area (Å²) in [4.78, 5) is 12.9. The van der Waals surface area contributed by atoms with E-state index in [1.165, 1.54) is 17.3 Å². The van der Waals surface area contributed by atoms with E-state index in [1.807, 2.05) is 49.4 Å². The predicted octanol–water partition coefficient (Wildman–Crippen LogP) is 4.06. The quantitative estimate of drug-likeness (QED) is 0.632. The highest BCUT2D eigenvalue weighted by molar-refractivity contribution is 8.14. The molecule has 0 saturated carbocycles. The molecule has 0 aliphatic carbocycles. The molecule has 4 heteroatoms. The van der Waals surface area contributed by atoms with Crippen LogP contribution in [-0.4, -0.2) is 11.9 Å². The van der Waals surface area contributed by atoms with E-state index in [2.05, 4.69) is 0 Å². The Balaban J connectivity index is 1.65. The van der Waals surface area contributed by atoms with Crippen LogP contribution in [0.3, 0.4) is 0 Å². The van der Waals surface area contributed by atoms with Gasteiger partial charge in [-0.15, -0.1) is 0 Å². The lowest BCUT2D eigenvalue weighted by molar-refractivity contribution is -0.107. The number of carbonyl (C=O) groups is 1. The molecular weight excluding hydrogens is 284 g/mol. The van der Waals surface area contributed by atoms with Gasteiger partial charge in [-0.3, -0.25) is 4.79 Å². The van der Waals surface area contributed by atoms with Crippen molar-refractivity contribution in [2.45, 2.75) is 11.8 Å². The van der Waals surface area contributed by atoms with Crippen LogP contribution in [0.2, 0.25) is 0 Å². The standard InChI is InChI=1S/C17H14O3S/c1-12-2-6-14(7-3-12)21-17(18)9-5-13-4-8-15-16(10-13)20-11-19-15/h2-10H,11H2,1H3. The first-order chi connectivity index (χ1) is 10.2. The Morgan fingerprint density at radius 1 is 1.10 bits per heavy atom. The lowest BCUT2D eigenvalue weighted by atomic mass is 10.2. The molecule has 1 aliphatic rings. The molecule has 3 nitrogen and oxygen atoms in total. The van der Waals surface area contributed by atoms with Gasteiger partial charge in [0.05, 0.1) is 0 Å². The molecule has 106 valence electrons. The number of fused-ring (bicyclic) bond motifs is 1. The summed E-state index contributed by atoms with van der Waals surface area (Å²) in [5.74, 6) is 1.46. The van der Waals surface area contributed by atoms with Gasteiger partial charge in [-0.1, -0.05) is 29.8 Å². The Kier molecular flexibility index (Phi) is 3.97. The topological polar surface area (TPSA) is 35.5 Å². The minimum Gasteiger partial charge on any atom is -0.454 e. The van der Waals surface area contributed by atoms with E-state index in [1.54, 1.807) is 12.2 Å². The highest BCUT2D eigenvalue weighted by atomic mass is 32.2. The molecule has 0 spiro atoms. The number of thioether (sulfide) groups is 1. The second-order valence-electron chi connectivity index (χ2n) is 4.68. The van der Waals surface area contributed by atoms with E-state index in [0.29, 0.717) is 0 Å². The van der Waals surface area contributed by atoms with Crippen molar-refractivity contribution >= 4 is 23.0 Å². The first kappa shape index (κ1) is 13.8. The van der Waals surface area contributed by atoms with Gasteiger partial charge in [0.25, 0.3) is 0 Å². The zero-order chi connectivity index (χ0) is 14.7. The van der Waals surface area contributed by atoms with Crippen LogP contribution in [0.25, 0.3) is 6.08 Å². The highest BCUT2D eigenvalue weighted by Gasteiger charge is 2.12. The van der Waals surface area contributed by atoms with Crippen LogP contribution >= 0.6 is 11.8 Å². The summed E-state index contributed by atoms with van der Waals surface area (Å²) < 4.78 is 10.6. The smallest absolute Gasteiger partial charge is 0.231 e. The number of carbonyl (C=O) groups excluding carboxylic acids is 1. The summed E-state index contributed by atoms with van der Waals surface area (Å²) >= 11 is 1.22. The van der Waals surface area contributed by atoms with Crippen molar-refractivity contribution in [2.24, 2.45) is 0 Å². The monoisotopic (exact) mass is 298 g/mol. The number of hydrogen-bond acceptors (Lipinski definition) is 4. The maximum Gasteiger partial charge on any atom is 0.231 e. The molecule has 0 unspecified atom stereocenters. The predicted molar refractivity (Wildman–Crippen MR) is 83.6 cm³/mol. The van der Waals surface area contributed by atoms with E-state index in [4.69, 9.17) is 9.47 Å². The molecule has 0 saturated heterocycles. The number of aryl methyl sites for hydroxylation is 1. The van der Waals surface area contributed by atoms with Gasteiger partial charge in [-0.2, -0.15) is 0 Å². The molecule has 2 aromatic rings. The average molecular weight is 298 g/mol. The Morgan fingerprint density at radius 2 is 1.86 bits per heavy atom. The zero-order valence-corrected chi connectivity index (χ0v) is 12.4. The van der Waals surface area contributed by atoms with Gasteiger partial charge in [-0.25, -0.2) is 0 Å². The van der Waals surface area contributed by atoms with E-state index >= 15 is 0 Å². The largest absolute Gasteiger partial charge is 0.454 e. The van der Waals surface area contributed by atoms with Gasteiger partial charge in [0.2, 0.25) is 11.9 Å². The molecule has 3 rings (SSSR count). The third-order valence-corrected chi connectivity index (χ3v) is 3.89. The third-order valence-electron chi connectivity index (χ3n) is 3.05. The summed E-state index contributed by atoms with van der Waals surface area (Å²) in [7, 11) is 0. The van der Waals surface area contributed by atoms with Gasteiger partial charge >= 0.3 is 0 Å². The van der Waals surface area contributed by atoms with Gasteiger partial charge in [0.15, 0.2) is 11.5 Å². The second-order valence-corrected chi connectivity index (χ2v) is 5.76. The maximum atomic E-state index is 11.9. The Bertz CT molecular complexity index is 690. The summed E-state index contributed by atoms with van der Waals surface area (Å²) in [5.41, 5.74) is 2.10. The number of hydrogen-bond donors (Lipinski definition) is 0. The summed E-state index contributed by atoms with van der Waals surface area (Å²) in [6.07, 6.45) is 3.35. The fourth-order valence-corrected chi connectivity index (χ4v) is 2.58. The zero-order valence-electron chi connectivity index (χ0n) is 11.5. The first-order valence-corrected chi connectivity index (χ1v) is 7.38. The molecule has 0 N–H and O–H groups in total. The van der Waals surface area contributed by atoms with Crippen molar-refractivity contribution in [1.82, 2.24) is 0 Å². The molecule has 2 aromatic carbocycles. The summed E-state index contributed by atoms with van der Waals surface area (Å²) in [6.45, 7) is 2.28. The molecule has 0 fully saturated rings. The Morgan fingerprint density at radius 3 is 2.67 bits per heavy atom. The number of benzene rings is 2.